The number of hydrogen-bond acceptors (Lipinski definition) is 5. The molecule has 1 aliphatic heterocycles. The van der Waals surface area contributed by atoms with Crippen LogP contribution in [0.2, 0.25) is 0 Å². The van der Waals surface area contributed by atoms with Gasteiger partial charge in [0.05, 0.1) is 37.2 Å². The minimum atomic E-state index is -0.0895. The second-order valence-corrected chi connectivity index (χ2v) is 6.21. The predicted molar refractivity (Wildman–Crippen MR) is 96.1 cm³/mol. The SMILES string of the molecule is CCc1ncc(NC(=O)C[C@@H]2CN(Cc3ccccc3)CCO2)cn1. The first-order chi connectivity index (χ1) is 12.2. The van der Waals surface area contributed by atoms with Crippen molar-refractivity contribution >= 4 is 11.6 Å². The van der Waals surface area contributed by atoms with Crippen LogP contribution >= 0.6 is 0 Å². The number of hydrogen-bond donors (Lipinski definition) is 1. The number of carbonyl (C=O) groups excluding carboxylic acids is 1. The van der Waals surface area contributed by atoms with Crippen molar-refractivity contribution in [3.8, 4) is 0 Å². The summed E-state index contributed by atoms with van der Waals surface area (Å²) in [4.78, 5) is 22.9. The minimum absolute atomic E-state index is 0.0700. The molecule has 1 aliphatic rings. The van der Waals surface area contributed by atoms with Gasteiger partial charge in [-0.1, -0.05) is 37.3 Å². The van der Waals surface area contributed by atoms with Crippen LogP contribution in [0.1, 0.15) is 24.7 Å². The quantitative estimate of drug-likeness (QED) is 0.874. The summed E-state index contributed by atoms with van der Waals surface area (Å²) in [5, 5.41) is 2.84. The van der Waals surface area contributed by atoms with Crippen molar-refractivity contribution in [2.45, 2.75) is 32.4 Å². The van der Waals surface area contributed by atoms with Crippen molar-refractivity contribution in [2.24, 2.45) is 0 Å². The molecule has 1 amide bonds. The van der Waals surface area contributed by atoms with Gasteiger partial charge in [-0.2, -0.15) is 0 Å². The molecule has 0 aliphatic carbocycles. The van der Waals surface area contributed by atoms with E-state index >= 15 is 0 Å². The van der Waals surface area contributed by atoms with Gasteiger partial charge < -0.3 is 10.1 Å². The first kappa shape index (κ1) is 17.5. The van der Waals surface area contributed by atoms with E-state index in [0.717, 1.165) is 31.9 Å². The lowest BCUT2D eigenvalue weighted by Gasteiger charge is -2.32. The first-order valence-corrected chi connectivity index (χ1v) is 8.71. The maximum absolute atomic E-state index is 12.2. The molecule has 2 heterocycles. The number of rotatable bonds is 6. The lowest BCUT2D eigenvalue weighted by Crippen LogP contribution is -2.43. The Morgan fingerprint density at radius 3 is 2.76 bits per heavy atom. The fourth-order valence-electron chi connectivity index (χ4n) is 2.91. The predicted octanol–water partition coefficient (Wildman–Crippen LogP) is 2.27. The van der Waals surface area contributed by atoms with Crippen LogP contribution in [0.4, 0.5) is 5.69 Å². The Bertz CT molecular complexity index is 676. The van der Waals surface area contributed by atoms with Gasteiger partial charge >= 0.3 is 0 Å². The maximum atomic E-state index is 12.2. The van der Waals surface area contributed by atoms with Gasteiger partial charge in [0, 0.05) is 26.1 Å². The molecular formula is C19H24N4O2. The summed E-state index contributed by atoms with van der Waals surface area (Å²) in [6, 6.07) is 10.4. The number of aromatic nitrogens is 2. The summed E-state index contributed by atoms with van der Waals surface area (Å²) < 4.78 is 5.76. The van der Waals surface area contributed by atoms with Gasteiger partial charge in [0.25, 0.3) is 0 Å². The third-order valence-electron chi connectivity index (χ3n) is 4.19. The number of amides is 1. The largest absolute Gasteiger partial charge is 0.375 e. The summed E-state index contributed by atoms with van der Waals surface area (Å²) in [5.74, 6) is 0.699. The monoisotopic (exact) mass is 340 g/mol. The van der Waals surface area contributed by atoms with Gasteiger partial charge in [-0.25, -0.2) is 9.97 Å². The highest BCUT2D eigenvalue weighted by atomic mass is 16.5. The fourth-order valence-corrected chi connectivity index (χ4v) is 2.91. The zero-order valence-electron chi connectivity index (χ0n) is 14.5. The average Bonchev–Trinajstić information content (AvgIpc) is 2.63. The number of ether oxygens (including phenoxy) is 1. The zero-order valence-corrected chi connectivity index (χ0v) is 14.5. The summed E-state index contributed by atoms with van der Waals surface area (Å²) in [7, 11) is 0. The van der Waals surface area contributed by atoms with Crippen molar-refractivity contribution in [1.29, 1.82) is 0 Å². The smallest absolute Gasteiger partial charge is 0.227 e. The average molecular weight is 340 g/mol. The van der Waals surface area contributed by atoms with E-state index in [1.807, 2.05) is 25.1 Å². The summed E-state index contributed by atoms with van der Waals surface area (Å²) in [6.07, 6.45) is 4.32. The molecule has 1 fully saturated rings. The van der Waals surface area contributed by atoms with Crippen molar-refractivity contribution in [3.63, 3.8) is 0 Å². The fraction of sp³-hybridized carbons (Fsp3) is 0.421. The maximum Gasteiger partial charge on any atom is 0.227 e. The van der Waals surface area contributed by atoms with Gasteiger partial charge in [-0.15, -0.1) is 0 Å². The first-order valence-electron chi connectivity index (χ1n) is 8.71. The normalized spacial score (nSPS) is 18.0. The van der Waals surface area contributed by atoms with Crippen LogP contribution in [-0.2, 0) is 22.5 Å². The molecule has 6 nitrogen and oxygen atoms in total. The molecule has 132 valence electrons. The van der Waals surface area contributed by atoms with E-state index in [2.05, 4.69) is 32.3 Å². The van der Waals surface area contributed by atoms with Crippen LogP contribution in [0.5, 0.6) is 0 Å². The molecule has 0 spiro atoms. The zero-order chi connectivity index (χ0) is 17.5. The van der Waals surface area contributed by atoms with Crippen LogP contribution in [0.25, 0.3) is 0 Å². The number of carbonyl (C=O) groups is 1. The Morgan fingerprint density at radius 1 is 1.28 bits per heavy atom. The standard InChI is InChI=1S/C19H24N4O2/c1-2-18-20-11-16(12-21-18)22-19(24)10-17-14-23(8-9-25-17)13-15-6-4-3-5-7-15/h3-7,11-12,17H,2,8-10,13-14H2,1H3,(H,22,24)/t17-/m1/s1. The van der Waals surface area contributed by atoms with Crippen molar-refractivity contribution in [1.82, 2.24) is 14.9 Å². The van der Waals surface area contributed by atoms with Gasteiger partial charge in [-0.05, 0) is 5.56 Å². The molecular weight excluding hydrogens is 316 g/mol. The van der Waals surface area contributed by atoms with E-state index in [4.69, 9.17) is 4.74 Å². The molecule has 1 N–H and O–H groups in total. The van der Waals surface area contributed by atoms with Crippen LogP contribution in [0.3, 0.4) is 0 Å². The minimum Gasteiger partial charge on any atom is -0.375 e. The van der Waals surface area contributed by atoms with E-state index in [1.165, 1.54) is 5.56 Å². The van der Waals surface area contributed by atoms with Gasteiger partial charge in [-0.3, -0.25) is 9.69 Å². The molecule has 25 heavy (non-hydrogen) atoms. The van der Waals surface area contributed by atoms with Gasteiger partial charge in [0.15, 0.2) is 0 Å². The molecule has 0 unspecified atom stereocenters. The van der Waals surface area contributed by atoms with Crippen molar-refractivity contribution in [2.75, 3.05) is 25.0 Å². The number of anilines is 1. The Morgan fingerprint density at radius 2 is 2.04 bits per heavy atom. The van der Waals surface area contributed by atoms with E-state index in [-0.39, 0.29) is 12.0 Å². The highest BCUT2D eigenvalue weighted by Crippen LogP contribution is 2.13. The molecule has 1 aromatic carbocycles. The highest BCUT2D eigenvalue weighted by molar-refractivity contribution is 5.90. The lowest BCUT2D eigenvalue weighted by atomic mass is 10.1. The van der Waals surface area contributed by atoms with E-state index in [9.17, 15) is 4.79 Å². The Balaban J connectivity index is 1.48. The number of nitrogens with zero attached hydrogens (tertiary/aromatic N) is 3. The highest BCUT2D eigenvalue weighted by Gasteiger charge is 2.23. The number of aryl methyl sites for hydroxylation is 1. The molecule has 0 radical (unpaired) electrons. The molecule has 2 aromatic rings. The second-order valence-electron chi connectivity index (χ2n) is 6.21. The van der Waals surface area contributed by atoms with Crippen LogP contribution < -0.4 is 5.32 Å². The Labute approximate surface area is 148 Å². The molecule has 0 saturated carbocycles. The van der Waals surface area contributed by atoms with Crippen molar-refractivity contribution < 1.29 is 9.53 Å². The Hall–Kier alpha value is -2.31. The number of benzene rings is 1. The van der Waals surface area contributed by atoms with Crippen LogP contribution in [-0.4, -0.2) is 46.6 Å². The van der Waals surface area contributed by atoms with E-state index < -0.39 is 0 Å². The molecule has 1 atom stereocenters. The third-order valence-corrected chi connectivity index (χ3v) is 4.19. The molecule has 1 saturated heterocycles. The van der Waals surface area contributed by atoms with E-state index in [1.54, 1.807) is 12.4 Å². The van der Waals surface area contributed by atoms with Gasteiger partial charge in [0.1, 0.15) is 5.82 Å². The number of nitrogens with one attached hydrogen (secondary N) is 1. The van der Waals surface area contributed by atoms with Gasteiger partial charge in [0.2, 0.25) is 5.91 Å². The summed E-state index contributed by atoms with van der Waals surface area (Å²) >= 11 is 0. The molecule has 1 aromatic heterocycles. The van der Waals surface area contributed by atoms with Crippen LogP contribution in [0, 0.1) is 0 Å². The number of morpholine rings is 1. The Kier molecular flexibility index (Phi) is 6.09. The summed E-state index contributed by atoms with van der Waals surface area (Å²) in [5.41, 5.74) is 1.90. The second kappa shape index (κ2) is 8.69. The molecule has 6 heteroatoms. The van der Waals surface area contributed by atoms with Crippen LogP contribution in [0.15, 0.2) is 42.7 Å². The topological polar surface area (TPSA) is 67.4 Å². The van der Waals surface area contributed by atoms with Crippen molar-refractivity contribution in [3.05, 3.63) is 54.1 Å². The molecule has 3 rings (SSSR count). The van der Waals surface area contributed by atoms with E-state index in [0.29, 0.717) is 18.7 Å². The lowest BCUT2D eigenvalue weighted by molar-refractivity contribution is -0.121. The molecule has 0 bridgehead atoms. The summed E-state index contributed by atoms with van der Waals surface area (Å²) in [6.45, 7) is 5.18. The third kappa shape index (κ3) is 5.34.